The van der Waals surface area contributed by atoms with E-state index in [9.17, 15) is 0 Å². The van der Waals surface area contributed by atoms with E-state index < -0.39 is 0 Å². The zero-order valence-corrected chi connectivity index (χ0v) is 11.4. The standard InChI is InChI=1S/C15H15ClS/c1-11-7-8-13(17-11)14(16)15(9-10-15)12-5-3-2-4-6-12/h2-8,14H,9-10H2,1H3. The molecule has 2 aromatic rings. The first-order valence-corrected chi connectivity index (χ1v) is 7.24. The Bertz CT molecular complexity index is 511. The first kappa shape index (κ1) is 11.3. The minimum Gasteiger partial charge on any atom is -0.144 e. The third kappa shape index (κ3) is 1.92. The highest BCUT2D eigenvalue weighted by atomic mass is 35.5. The van der Waals surface area contributed by atoms with Gasteiger partial charge in [-0.15, -0.1) is 22.9 Å². The van der Waals surface area contributed by atoms with Gasteiger partial charge in [0.05, 0.1) is 5.38 Å². The molecular weight excluding hydrogens is 248 g/mol. The van der Waals surface area contributed by atoms with Crippen LogP contribution in [0.1, 0.15) is 33.5 Å². The Labute approximate surface area is 111 Å². The van der Waals surface area contributed by atoms with Crippen molar-refractivity contribution in [3.05, 3.63) is 57.8 Å². The number of thiophene rings is 1. The molecule has 1 saturated carbocycles. The molecular formula is C15H15ClS. The predicted molar refractivity (Wildman–Crippen MR) is 75.0 cm³/mol. The van der Waals surface area contributed by atoms with Crippen molar-refractivity contribution in [1.29, 1.82) is 0 Å². The number of benzene rings is 1. The lowest BCUT2D eigenvalue weighted by Crippen LogP contribution is -2.12. The van der Waals surface area contributed by atoms with Crippen LogP contribution in [0.2, 0.25) is 0 Å². The lowest BCUT2D eigenvalue weighted by atomic mass is 9.91. The molecule has 0 N–H and O–H groups in total. The molecule has 0 saturated heterocycles. The molecule has 0 nitrogen and oxygen atoms in total. The van der Waals surface area contributed by atoms with Crippen molar-refractivity contribution in [2.45, 2.75) is 30.6 Å². The van der Waals surface area contributed by atoms with E-state index in [0.717, 1.165) is 0 Å². The van der Waals surface area contributed by atoms with Crippen LogP contribution < -0.4 is 0 Å². The zero-order chi connectivity index (χ0) is 11.9. The Morgan fingerprint density at radius 2 is 1.82 bits per heavy atom. The average molecular weight is 263 g/mol. The van der Waals surface area contributed by atoms with Crippen molar-refractivity contribution >= 4 is 22.9 Å². The molecule has 1 unspecified atom stereocenters. The summed E-state index contributed by atoms with van der Waals surface area (Å²) in [7, 11) is 0. The van der Waals surface area contributed by atoms with Crippen LogP contribution in [0, 0.1) is 6.92 Å². The summed E-state index contributed by atoms with van der Waals surface area (Å²) in [5, 5.41) is 0.128. The highest BCUT2D eigenvalue weighted by Crippen LogP contribution is 2.59. The summed E-state index contributed by atoms with van der Waals surface area (Å²) >= 11 is 8.54. The Kier molecular flexibility index (Phi) is 2.76. The van der Waals surface area contributed by atoms with Gasteiger partial charge in [-0.1, -0.05) is 30.3 Å². The van der Waals surface area contributed by atoms with Gasteiger partial charge < -0.3 is 0 Å². The molecule has 1 aliphatic carbocycles. The molecule has 0 bridgehead atoms. The van der Waals surface area contributed by atoms with E-state index in [0.29, 0.717) is 0 Å². The third-order valence-electron chi connectivity index (χ3n) is 3.63. The Morgan fingerprint density at radius 3 is 2.35 bits per heavy atom. The number of halogens is 1. The molecule has 0 aliphatic heterocycles. The normalized spacial score (nSPS) is 18.9. The second-order valence-corrected chi connectivity index (χ2v) is 6.59. The van der Waals surface area contributed by atoms with E-state index >= 15 is 0 Å². The summed E-state index contributed by atoms with van der Waals surface area (Å²) in [6, 6.07) is 15.1. The second-order valence-electron chi connectivity index (χ2n) is 4.83. The molecule has 1 fully saturated rings. The zero-order valence-electron chi connectivity index (χ0n) is 9.82. The number of hydrogen-bond acceptors (Lipinski definition) is 1. The third-order valence-corrected chi connectivity index (χ3v) is 5.48. The summed E-state index contributed by atoms with van der Waals surface area (Å²) < 4.78 is 0. The molecule has 0 spiro atoms. The van der Waals surface area contributed by atoms with Gasteiger partial charge in [-0.05, 0) is 37.5 Å². The SMILES string of the molecule is Cc1ccc(C(Cl)C2(c3ccccc3)CC2)s1. The van der Waals surface area contributed by atoms with E-state index in [2.05, 4.69) is 49.4 Å². The Balaban J connectivity index is 1.94. The van der Waals surface area contributed by atoms with E-state index in [1.807, 2.05) is 11.3 Å². The van der Waals surface area contributed by atoms with E-state index in [1.165, 1.54) is 28.2 Å². The van der Waals surface area contributed by atoms with Gasteiger partial charge in [0.15, 0.2) is 0 Å². The molecule has 17 heavy (non-hydrogen) atoms. The molecule has 0 amide bonds. The van der Waals surface area contributed by atoms with Crippen molar-refractivity contribution in [3.8, 4) is 0 Å². The van der Waals surface area contributed by atoms with Crippen LogP contribution in [0.25, 0.3) is 0 Å². The second kappa shape index (κ2) is 4.15. The molecule has 2 heteroatoms. The fourth-order valence-corrected chi connectivity index (χ4v) is 3.98. The summed E-state index contributed by atoms with van der Waals surface area (Å²) in [6.45, 7) is 2.14. The topological polar surface area (TPSA) is 0 Å². The first-order valence-electron chi connectivity index (χ1n) is 5.98. The van der Waals surface area contributed by atoms with Crippen LogP contribution in [0.15, 0.2) is 42.5 Å². The van der Waals surface area contributed by atoms with Gasteiger partial charge in [-0.3, -0.25) is 0 Å². The van der Waals surface area contributed by atoms with Crippen LogP contribution in [0.3, 0.4) is 0 Å². The predicted octanol–water partition coefficient (Wildman–Crippen LogP) is 5.07. The van der Waals surface area contributed by atoms with Crippen molar-refractivity contribution in [3.63, 3.8) is 0 Å². The average Bonchev–Trinajstić information content (AvgIpc) is 3.07. The molecule has 3 rings (SSSR count). The fraction of sp³-hybridized carbons (Fsp3) is 0.333. The van der Waals surface area contributed by atoms with Crippen LogP contribution >= 0.6 is 22.9 Å². The maximum absolute atomic E-state index is 6.72. The van der Waals surface area contributed by atoms with E-state index in [1.54, 1.807) is 0 Å². The molecule has 88 valence electrons. The minimum atomic E-state index is 0.128. The number of hydrogen-bond donors (Lipinski definition) is 0. The highest BCUT2D eigenvalue weighted by molar-refractivity contribution is 7.12. The lowest BCUT2D eigenvalue weighted by molar-refractivity contribution is 0.670. The maximum atomic E-state index is 6.72. The van der Waals surface area contributed by atoms with Crippen molar-refractivity contribution in [2.24, 2.45) is 0 Å². The molecule has 1 atom stereocenters. The lowest BCUT2D eigenvalue weighted by Gasteiger charge is -2.21. The van der Waals surface area contributed by atoms with Crippen molar-refractivity contribution in [2.75, 3.05) is 0 Å². The monoisotopic (exact) mass is 262 g/mol. The largest absolute Gasteiger partial charge is 0.144 e. The first-order chi connectivity index (χ1) is 8.22. The summed E-state index contributed by atoms with van der Waals surface area (Å²) in [5.74, 6) is 0. The molecule has 1 aromatic carbocycles. The van der Waals surface area contributed by atoms with Gasteiger partial charge in [0.1, 0.15) is 0 Å². The Hall–Kier alpha value is -0.790. The van der Waals surface area contributed by atoms with Gasteiger partial charge in [-0.2, -0.15) is 0 Å². The summed E-state index contributed by atoms with van der Waals surface area (Å²) in [4.78, 5) is 2.65. The quantitative estimate of drug-likeness (QED) is 0.678. The van der Waals surface area contributed by atoms with Crippen LogP contribution in [0.4, 0.5) is 0 Å². The fourth-order valence-electron chi connectivity index (χ4n) is 2.46. The maximum Gasteiger partial charge on any atom is 0.0775 e. The van der Waals surface area contributed by atoms with Gasteiger partial charge in [-0.25, -0.2) is 0 Å². The number of alkyl halides is 1. The van der Waals surface area contributed by atoms with E-state index in [-0.39, 0.29) is 10.8 Å². The van der Waals surface area contributed by atoms with Crippen LogP contribution in [-0.2, 0) is 5.41 Å². The van der Waals surface area contributed by atoms with E-state index in [4.69, 9.17) is 11.6 Å². The molecule has 1 aromatic heterocycles. The number of aryl methyl sites for hydroxylation is 1. The smallest absolute Gasteiger partial charge is 0.0775 e. The Morgan fingerprint density at radius 1 is 1.12 bits per heavy atom. The van der Waals surface area contributed by atoms with Crippen molar-refractivity contribution < 1.29 is 0 Å². The van der Waals surface area contributed by atoms with Crippen molar-refractivity contribution in [1.82, 2.24) is 0 Å². The van der Waals surface area contributed by atoms with Gasteiger partial charge in [0, 0.05) is 15.2 Å². The van der Waals surface area contributed by atoms with Gasteiger partial charge in [0.25, 0.3) is 0 Å². The number of rotatable bonds is 3. The molecule has 0 radical (unpaired) electrons. The summed E-state index contributed by atoms with van der Waals surface area (Å²) in [6.07, 6.45) is 2.42. The van der Waals surface area contributed by atoms with Crippen LogP contribution in [0.5, 0.6) is 0 Å². The minimum absolute atomic E-state index is 0.128. The highest BCUT2D eigenvalue weighted by Gasteiger charge is 2.50. The summed E-state index contributed by atoms with van der Waals surface area (Å²) in [5.41, 5.74) is 1.59. The molecule has 1 aliphatic rings. The molecule has 1 heterocycles. The van der Waals surface area contributed by atoms with Gasteiger partial charge in [0.2, 0.25) is 0 Å². The van der Waals surface area contributed by atoms with Crippen LogP contribution in [-0.4, -0.2) is 0 Å². The van der Waals surface area contributed by atoms with Gasteiger partial charge >= 0.3 is 0 Å².